The zero-order chi connectivity index (χ0) is 18.3. The highest BCUT2D eigenvalue weighted by molar-refractivity contribution is 5.76. The van der Waals surface area contributed by atoms with E-state index in [0.717, 1.165) is 43.3 Å². The number of carbonyl (C=O) groups excluding carboxylic acids is 1. The minimum absolute atomic E-state index is 0.0690. The number of nitrogens with zero attached hydrogens (tertiary/aromatic N) is 2. The van der Waals surface area contributed by atoms with Crippen molar-refractivity contribution < 1.29 is 9.53 Å². The minimum atomic E-state index is -0.331. The molecule has 142 valence electrons. The highest BCUT2D eigenvalue weighted by Gasteiger charge is 2.42. The van der Waals surface area contributed by atoms with Crippen molar-refractivity contribution >= 4 is 5.91 Å². The second kappa shape index (κ2) is 7.12. The molecule has 2 aliphatic heterocycles. The van der Waals surface area contributed by atoms with E-state index in [1.165, 1.54) is 12.8 Å². The normalized spacial score (nSPS) is 28.8. The molecule has 0 bridgehead atoms. The summed E-state index contributed by atoms with van der Waals surface area (Å²) in [4.78, 5) is 32.9. The van der Waals surface area contributed by atoms with Crippen LogP contribution in [0.1, 0.15) is 42.6 Å². The number of aromatic amines is 1. The molecule has 7 nitrogen and oxygen atoms in total. The SMILES string of the molecule is Cc1nc(=O)[nH]c(C)c1CCC(=O)N[C@@H]1C[C@H]2CO[C@H](C3CC3)CN2C1. The molecule has 3 fully saturated rings. The van der Waals surface area contributed by atoms with Crippen molar-refractivity contribution in [1.82, 2.24) is 20.2 Å². The molecule has 0 aromatic carbocycles. The summed E-state index contributed by atoms with van der Waals surface area (Å²) in [7, 11) is 0. The van der Waals surface area contributed by atoms with Gasteiger partial charge in [-0.3, -0.25) is 9.69 Å². The molecule has 7 heteroatoms. The molecule has 0 unspecified atom stereocenters. The molecule has 1 saturated carbocycles. The zero-order valence-electron chi connectivity index (χ0n) is 15.6. The third-order valence-corrected chi connectivity index (χ3v) is 6.01. The van der Waals surface area contributed by atoms with Gasteiger partial charge in [0.15, 0.2) is 0 Å². The first-order chi connectivity index (χ1) is 12.5. The summed E-state index contributed by atoms with van der Waals surface area (Å²) in [5, 5.41) is 3.19. The molecule has 0 radical (unpaired) electrons. The summed E-state index contributed by atoms with van der Waals surface area (Å²) >= 11 is 0. The highest BCUT2D eigenvalue weighted by atomic mass is 16.5. The van der Waals surface area contributed by atoms with Crippen molar-refractivity contribution in [2.45, 2.75) is 64.1 Å². The lowest BCUT2D eigenvalue weighted by atomic mass is 10.1. The summed E-state index contributed by atoms with van der Waals surface area (Å²) in [5.74, 6) is 0.835. The molecule has 2 saturated heterocycles. The Hall–Kier alpha value is -1.73. The van der Waals surface area contributed by atoms with Gasteiger partial charge in [-0.25, -0.2) is 4.79 Å². The van der Waals surface area contributed by atoms with E-state index in [1.807, 2.05) is 13.8 Å². The summed E-state index contributed by atoms with van der Waals surface area (Å²) in [6.45, 7) is 6.43. The number of amides is 1. The van der Waals surface area contributed by atoms with E-state index in [0.29, 0.717) is 30.7 Å². The predicted octanol–water partition coefficient (Wildman–Crippen LogP) is 0.687. The van der Waals surface area contributed by atoms with Crippen LogP contribution in [0, 0.1) is 19.8 Å². The van der Waals surface area contributed by atoms with E-state index >= 15 is 0 Å². The lowest BCUT2D eigenvalue weighted by Crippen LogP contribution is -2.47. The number of morpholine rings is 1. The van der Waals surface area contributed by atoms with Gasteiger partial charge in [-0.1, -0.05) is 0 Å². The first kappa shape index (κ1) is 17.7. The Kier molecular flexibility index (Phi) is 4.84. The maximum atomic E-state index is 12.4. The number of H-pyrrole nitrogens is 1. The molecular formula is C19H28N4O3. The van der Waals surface area contributed by atoms with Gasteiger partial charge < -0.3 is 15.0 Å². The Morgan fingerprint density at radius 3 is 2.88 bits per heavy atom. The van der Waals surface area contributed by atoms with Gasteiger partial charge in [0.05, 0.1) is 12.7 Å². The van der Waals surface area contributed by atoms with Crippen molar-refractivity contribution in [3.63, 3.8) is 0 Å². The molecule has 1 aromatic heterocycles. The van der Waals surface area contributed by atoms with Crippen molar-refractivity contribution in [2.24, 2.45) is 5.92 Å². The third-order valence-electron chi connectivity index (χ3n) is 6.01. The van der Waals surface area contributed by atoms with Gasteiger partial charge in [0.2, 0.25) is 5.91 Å². The number of nitrogens with one attached hydrogen (secondary N) is 2. The van der Waals surface area contributed by atoms with Crippen LogP contribution < -0.4 is 11.0 Å². The summed E-state index contributed by atoms with van der Waals surface area (Å²) in [6, 6.07) is 0.660. The molecule has 26 heavy (non-hydrogen) atoms. The molecular weight excluding hydrogens is 332 g/mol. The van der Waals surface area contributed by atoms with Crippen molar-refractivity contribution in [3.05, 3.63) is 27.4 Å². The van der Waals surface area contributed by atoms with E-state index in [-0.39, 0.29) is 17.6 Å². The van der Waals surface area contributed by atoms with E-state index < -0.39 is 0 Å². The maximum Gasteiger partial charge on any atom is 0.345 e. The van der Waals surface area contributed by atoms with Gasteiger partial charge in [-0.05, 0) is 51.0 Å². The van der Waals surface area contributed by atoms with Crippen LogP contribution in [0.15, 0.2) is 4.79 Å². The number of aryl methyl sites for hydroxylation is 2. The first-order valence-electron chi connectivity index (χ1n) is 9.71. The summed E-state index contributed by atoms with van der Waals surface area (Å²) in [6.07, 6.45) is 5.00. The van der Waals surface area contributed by atoms with Gasteiger partial charge in [0, 0.05) is 43.0 Å². The Bertz CT molecular complexity index is 717. The molecule has 1 aliphatic carbocycles. The summed E-state index contributed by atoms with van der Waals surface area (Å²) in [5.41, 5.74) is 2.14. The Morgan fingerprint density at radius 2 is 2.15 bits per heavy atom. The molecule has 3 heterocycles. The first-order valence-corrected chi connectivity index (χ1v) is 9.71. The van der Waals surface area contributed by atoms with Gasteiger partial charge in [-0.2, -0.15) is 4.98 Å². The quantitative estimate of drug-likeness (QED) is 0.807. The second-order valence-electron chi connectivity index (χ2n) is 8.05. The average molecular weight is 360 g/mol. The maximum absolute atomic E-state index is 12.4. The number of fused-ring (bicyclic) bond motifs is 1. The fourth-order valence-corrected chi connectivity index (χ4v) is 4.42. The molecule has 3 aliphatic rings. The van der Waals surface area contributed by atoms with Crippen LogP contribution in [0.3, 0.4) is 0 Å². The van der Waals surface area contributed by atoms with Crippen LogP contribution in [0.25, 0.3) is 0 Å². The Balaban J connectivity index is 1.27. The Morgan fingerprint density at radius 1 is 1.35 bits per heavy atom. The van der Waals surface area contributed by atoms with Crippen LogP contribution in [0.2, 0.25) is 0 Å². The number of ether oxygens (including phenoxy) is 1. The highest BCUT2D eigenvalue weighted by Crippen LogP contribution is 2.37. The molecule has 1 aromatic rings. The largest absolute Gasteiger partial charge is 0.375 e. The topological polar surface area (TPSA) is 87.3 Å². The van der Waals surface area contributed by atoms with Crippen LogP contribution in [-0.2, 0) is 16.0 Å². The molecule has 0 spiro atoms. The van der Waals surface area contributed by atoms with E-state index in [2.05, 4.69) is 20.2 Å². The predicted molar refractivity (Wildman–Crippen MR) is 97.0 cm³/mol. The van der Waals surface area contributed by atoms with Crippen LogP contribution in [0.4, 0.5) is 0 Å². The van der Waals surface area contributed by atoms with E-state index in [4.69, 9.17) is 4.74 Å². The molecule has 1 amide bonds. The number of hydrogen-bond donors (Lipinski definition) is 2. The number of carbonyl (C=O) groups is 1. The second-order valence-corrected chi connectivity index (χ2v) is 8.05. The third kappa shape index (κ3) is 3.83. The lowest BCUT2D eigenvalue weighted by molar-refractivity contribution is -0.121. The summed E-state index contributed by atoms with van der Waals surface area (Å²) < 4.78 is 6.02. The van der Waals surface area contributed by atoms with Gasteiger partial charge in [-0.15, -0.1) is 0 Å². The van der Waals surface area contributed by atoms with Crippen LogP contribution >= 0.6 is 0 Å². The monoisotopic (exact) mass is 360 g/mol. The van der Waals surface area contributed by atoms with Crippen molar-refractivity contribution in [2.75, 3.05) is 19.7 Å². The minimum Gasteiger partial charge on any atom is -0.375 e. The fourth-order valence-electron chi connectivity index (χ4n) is 4.42. The van der Waals surface area contributed by atoms with Crippen LogP contribution in [0.5, 0.6) is 0 Å². The fraction of sp³-hybridized carbons (Fsp3) is 0.737. The van der Waals surface area contributed by atoms with Crippen LogP contribution in [-0.4, -0.2) is 58.7 Å². The number of rotatable bonds is 5. The standard InChI is InChI=1S/C19H28N4O3/c1-11-16(12(2)21-19(25)20-11)5-6-18(24)22-14-7-15-10-26-17(13-3-4-13)9-23(15)8-14/h13-15,17H,3-10H2,1-2H3,(H,22,24)(H,20,21,25)/t14-,15+,17+/m1/s1. The van der Waals surface area contributed by atoms with E-state index in [1.54, 1.807) is 0 Å². The zero-order valence-corrected chi connectivity index (χ0v) is 15.6. The van der Waals surface area contributed by atoms with Gasteiger partial charge >= 0.3 is 5.69 Å². The molecule has 4 rings (SSSR count). The lowest BCUT2D eigenvalue weighted by Gasteiger charge is -2.35. The van der Waals surface area contributed by atoms with Crippen molar-refractivity contribution in [1.29, 1.82) is 0 Å². The van der Waals surface area contributed by atoms with Gasteiger partial charge in [0.25, 0.3) is 0 Å². The smallest absolute Gasteiger partial charge is 0.345 e. The number of hydrogen-bond acceptors (Lipinski definition) is 5. The average Bonchev–Trinajstić information content (AvgIpc) is 3.34. The molecule has 3 atom stereocenters. The number of aromatic nitrogens is 2. The van der Waals surface area contributed by atoms with Gasteiger partial charge in [0.1, 0.15) is 0 Å². The van der Waals surface area contributed by atoms with Crippen molar-refractivity contribution in [3.8, 4) is 0 Å². The Labute approximate surface area is 153 Å². The molecule has 2 N–H and O–H groups in total. The van der Waals surface area contributed by atoms with E-state index in [9.17, 15) is 9.59 Å².